The van der Waals surface area contributed by atoms with Gasteiger partial charge in [-0.2, -0.15) is 0 Å². The molecule has 0 radical (unpaired) electrons. The molecule has 4 aromatic rings. The van der Waals surface area contributed by atoms with Crippen molar-refractivity contribution in [1.29, 1.82) is 0 Å². The summed E-state index contributed by atoms with van der Waals surface area (Å²) < 4.78 is 0. The van der Waals surface area contributed by atoms with Gasteiger partial charge in [-0.3, -0.25) is 4.79 Å². The summed E-state index contributed by atoms with van der Waals surface area (Å²) in [6.07, 6.45) is 3.97. The summed E-state index contributed by atoms with van der Waals surface area (Å²) in [5.41, 5.74) is 7.61. The Morgan fingerprint density at radius 1 is 0.778 bits per heavy atom. The number of benzene rings is 4. The summed E-state index contributed by atoms with van der Waals surface area (Å²) in [6, 6.07) is 35.8. The second kappa shape index (κ2) is 8.67. The molecule has 0 aromatic heterocycles. The van der Waals surface area contributed by atoms with Crippen molar-refractivity contribution in [3.8, 4) is 11.1 Å². The lowest BCUT2D eigenvalue weighted by molar-refractivity contribution is 0.102. The van der Waals surface area contributed by atoms with E-state index in [9.17, 15) is 4.79 Å². The van der Waals surface area contributed by atoms with Gasteiger partial charge in [-0.15, -0.1) is 0 Å². The number of anilines is 2. The van der Waals surface area contributed by atoms with Crippen LogP contribution in [-0.4, -0.2) is 5.91 Å². The van der Waals surface area contributed by atoms with E-state index in [1.165, 1.54) is 36.1 Å². The molecular formula is C33H30N2O. The van der Waals surface area contributed by atoms with E-state index >= 15 is 0 Å². The van der Waals surface area contributed by atoms with Crippen LogP contribution >= 0.6 is 0 Å². The third-order valence-corrected chi connectivity index (χ3v) is 8.77. The zero-order valence-electron chi connectivity index (χ0n) is 20.2. The number of para-hydroxylation sites is 1. The Labute approximate surface area is 212 Å². The average molecular weight is 471 g/mol. The number of carbonyl (C=O) groups excluding carboxylic acids is 1. The van der Waals surface area contributed by atoms with Gasteiger partial charge in [0.05, 0.1) is 6.04 Å². The van der Waals surface area contributed by atoms with Crippen LogP contribution in [0.15, 0.2) is 103 Å². The molecule has 1 amide bonds. The summed E-state index contributed by atoms with van der Waals surface area (Å²) in [6.45, 7) is 0. The average Bonchev–Trinajstić information content (AvgIpc) is 3.57. The Balaban J connectivity index is 1.22. The highest BCUT2D eigenvalue weighted by Crippen LogP contribution is 2.63. The molecule has 2 fully saturated rings. The lowest BCUT2D eigenvalue weighted by atomic mass is 9.68. The molecule has 5 atom stereocenters. The van der Waals surface area contributed by atoms with Crippen LogP contribution in [0.1, 0.15) is 52.7 Å². The van der Waals surface area contributed by atoms with E-state index < -0.39 is 0 Å². The lowest BCUT2D eigenvalue weighted by Gasteiger charge is -2.43. The molecule has 0 saturated heterocycles. The van der Waals surface area contributed by atoms with Crippen LogP contribution in [0.2, 0.25) is 0 Å². The van der Waals surface area contributed by atoms with Gasteiger partial charge in [-0.1, -0.05) is 78.9 Å². The number of fused-ring (bicyclic) bond motifs is 7. The highest BCUT2D eigenvalue weighted by Gasteiger charge is 2.53. The van der Waals surface area contributed by atoms with E-state index in [1.807, 2.05) is 42.5 Å². The number of hydrogen-bond acceptors (Lipinski definition) is 2. The first-order valence-electron chi connectivity index (χ1n) is 13.2. The smallest absolute Gasteiger partial charge is 0.255 e. The van der Waals surface area contributed by atoms with Crippen LogP contribution in [0.5, 0.6) is 0 Å². The second-order valence-corrected chi connectivity index (χ2v) is 10.6. The molecule has 3 nitrogen and oxygen atoms in total. The monoisotopic (exact) mass is 470 g/mol. The maximum atomic E-state index is 13.5. The van der Waals surface area contributed by atoms with Gasteiger partial charge in [0.15, 0.2) is 0 Å². The molecule has 178 valence electrons. The molecule has 3 aliphatic rings. The van der Waals surface area contributed by atoms with Crippen molar-refractivity contribution in [2.45, 2.75) is 31.2 Å². The third kappa shape index (κ3) is 3.53. The molecule has 7 rings (SSSR count). The summed E-state index contributed by atoms with van der Waals surface area (Å²) in [5, 5.41) is 7.09. The number of rotatable bonds is 4. The zero-order chi connectivity index (χ0) is 24.1. The van der Waals surface area contributed by atoms with Gasteiger partial charge >= 0.3 is 0 Å². The summed E-state index contributed by atoms with van der Waals surface area (Å²) in [4.78, 5) is 13.5. The molecule has 36 heavy (non-hydrogen) atoms. The molecular weight excluding hydrogens is 440 g/mol. The van der Waals surface area contributed by atoms with E-state index in [-0.39, 0.29) is 5.91 Å². The van der Waals surface area contributed by atoms with Crippen LogP contribution < -0.4 is 10.6 Å². The van der Waals surface area contributed by atoms with Gasteiger partial charge in [0.1, 0.15) is 0 Å². The maximum absolute atomic E-state index is 13.5. The molecule has 2 saturated carbocycles. The Bertz CT molecular complexity index is 1410. The predicted octanol–water partition coefficient (Wildman–Crippen LogP) is 7.90. The largest absolute Gasteiger partial charge is 0.378 e. The second-order valence-electron chi connectivity index (χ2n) is 10.6. The first-order chi connectivity index (χ1) is 17.8. The van der Waals surface area contributed by atoms with Crippen molar-refractivity contribution in [3.63, 3.8) is 0 Å². The highest BCUT2D eigenvalue weighted by molar-refractivity contribution is 6.06. The van der Waals surface area contributed by atoms with Crippen LogP contribution in [0.3, 0.4) is 0 Å². The fourth-order valence-electron chi connectivity index (χ4n) is 7.27. The predicted molar refractivity (Wildman–Crippen MR) is 146 cm³/mol. The van der Waals surface area contributed by atoms with Crippen molar-refractivity contribution in [1.82, 2.24) is 0 Å². The summed E-state index contributed by atoms with van der Waals surface area (Å²) in [5.74, 6) is 2.56. The molecule has 0 unspecified atom stereocenters. The Kier molecular flexibility index (Phi) is 5.16. The van der Waals surface area contributed by atoms with Gasteiger partial charge < -0.3 is 10.6 Å². The zero-order valence-corrected chi connectivity index (χ0v) is 20.2. The molecule has 1 aliphatic heterocycles. The fourth-order valence-corrected chi connectivity index (χ4v) is 7.27. The minimum absolute atomic E-state index is 0.0499. The first-order valence-corrected chi connectivity index (χ1v) is 13.2. The minimum Gasteiger partial charge on any atom is -0.378 e. The van der Waals surface area contributed by atoms with Crippen LogP contribution in [0.25, 0.3) is 11.1 Å². The first kappa shape index (κ1) is 21.4. The molecule has 2 aliphatic carbocycles. The van der Waals surface area contributed by atoms with Crippen molar-refractivity contribution >= 4 is 17.3 Å². The number of amides is 1. The number of nitrogens with one attached hydrogen (secondary N) is 2. The quantitative estimate of drug-likeness (QED) is 0.318. The van der Waals surface area contributed by atoms with E-state index in [1.54, 1.807) is 0 Å². The number of carbonyl (C=O) groups is 1. The van der Waals surface area contributed by atoms with E-state index in [4.69, 9.17) is 0 Å². The molecule has 4 aromatic carbocycles. The van der Waals surface area contributed by atoms with Crippen LogP contribution in [0, 0.1) is 17.8 Å². The van der Waals surface area contributed by atoms with E-state index in [0.717, 1.165) is 34.2 Å². The van der Waals surface area contributed by atoms with Gasteiger partial charge in [-0.05, 0) is 83.9 Å². The van der Waals surface area contributed by atoms with Crippen molar-refractivity contribution in [3.05, 3.63) is 120 Å². The van der Waals surface area contributed by atoms with Crippen molar-refractivity contribution in [2.75, 3.05) is 10.6 Å². The van der Waals surface area contributed by atoms with Gasteiger partial charge in [0, 0.05) is 22.5 Å². The van der Waals surface area contributed by atoms with E-state index in [2.05, 4.69) is 71.3 Å². The van der Waals surface area contributed by atoms with Crippen molar-refractivity contribution < 1.29 is 4.79 Å². The van der Waals surface area contributed by atoms with Gasteiger partial charge in [0.2, 0.25) is 0 Å². The molecule has 2 N–H and O–H groups in total. The fraction of sp³-hybridized carbons (Fsp3) is 0.242. The van der Waals surface area contributed by atoms with Gasteiger partial charge in [0.25, 0.3) is 5.91 Å². The van der Waals surface area contributed by atoms with E-state index in [0.29, 0.717) is 17.9 Å². The number of hydrogen-bond donors (Lipinski definition) is 2. The topological polar surface area (TPSA) is 41.1 Å². The normalized spacial score (nSPS) is 25.5. The summed E-state index contributed by atoms with van der Waals surface area (Å²) in [7, 11) is 0. The standard InChI is InChI=1S/C33H30N2O/c36-33(35-28-14-8-7-13-26(28)21-9-3-1-4-10-21)25-17-18-29-27(20-25)30-23-15-16-24(19-23)31(30)32(34-29)22-11-5-2-6-12-22/h1-14,17-18,20,23-24,30-32,34H,15-16,19H2,(H,35,36)/t23-,24-,30-,31+,32-/m0/s1. The van der Waals surface area contributed by atoms with Crippen LogP contribution in [-0.2, 0) is 0 Å². The molecule has 3 heteroatoms. The SMILES string of the molecule is O=C(Nc1ccccc1-c1ccccc1)c1ccc2c(c1)[C@@H]1[C@H]3CC[C@@H](C3)[C@H]1[C@H](c1ccccc1)N2. The third-order valence-electron chi connectivity index (χ3n) is 8.77. The Morgan fingerprint density at radius 3 is 2.33 bits per heavy atom. The van der Waals surface area contributed by atoms with Gasteiger partial charge in [-0.25, -0.2) is 0 Å². The molecule has 2 bridgehead atoms. The lowest BCUT2D eigenvalue weighted by Crippen LogP contribution is -2.35. The van der Waals surface area contributed by atoms with Crippen molar-refractivity contribution in [2.24, 2.45) is 17.8 Å². The Morgan fingerprint density at radius 2 is 1.50 bits per heavy atom. The maximum Gasteiger partial charge on any atom is 0.255 e. The minimum atomic E-state index is -0.0499. The molecule has 0 spiro atoms. The van der Waals surface area contributed by atoms with Crippen LogP contribution in [0.4, 0.5) is 11.4 Å². The Hall–Kier alpha value is -3.85. The highest BCUT2D eigenvalue weighted by atomic mass is 16.1. The summed E-state index contributed by atoms with van der Waals surface area (Å²) >= 11 is 0. The molecule has 1 heterocycles.